The van der Waals surface area contributed by atoms with E-state index in [1.54, 1.807) is 24.3 Å². The SMILES string of the molecule is N#C/C(C(=O)NCC(O)C(O)CO)=C(\c1ccc2ccccc2c1N1CCCC1)C(F)(F)F. The number of benzene rings is 2. The standard InChI is InChI=1S/C23H24F3N3O4/c24-23(25,26)20(17(11-27)22(33)28-12-18(31)19(32)13-30)16-8-7-14-5-1-2-6-15(14)21(16)29-9-3-4-10-29/h1-2,5-8,18-19,30-32H,3-4,9-10,12-13H2,(H,28,33)/b20-17-. The molecule has 2 unspecified atom stereocenters. The Balaban J connectivity index is 2.16. The molecule has 3 rings (SSSR count). The first-order valence-electron chi connectivity index (χ1n) is 10.4. The van der Waals surface area contributed by atoms with Gasteiger partial charge in [-0.3, -0.25) is 4.79 Å². The molecular formula is C23H24F3N3O4. The molecule has 1 aliphatic heterocycles. The summed E-state index contributed by atoms with van der Waals surface area (Å²) < 4.78 is 43.0. The first-order valence-corrected chi connectivity index (χ1v) is 10.4. The number of hydrogen-bond acceptors (Lipinski definition) is 6. The number of carbonyl (C=O) groups is 1. The summed E-state index contributed by atoms with van der Waals surface area (Å²) in [5.74, 6) is -1.34. The van der Waals surface area contributed by atoms with Crippen molar-refractivity contribution in [2.45, 2.75) is 31.2 Å². The maximum absolute atomic E-state index is 14.3. The van der Waals surface area contributed by atoms with Gasteiger partial charge in [-0.2, -0.15) is 18.4 Å². The van der Waals surface area contributed by atoms with Gasteiger partial charge in [0.15, 0.2) is 0 Å². The summed E-state index contributed by atoms with van der Waals surface area (Å²) in [5.41, 5.74) is -2.48. The molecule has 0 bridgehead atoms. The molecule has 1 aliphatic rings. The van der Waals surface area contributed by atoms with Gasteiger partial charge in [-0.15, -0.1) is 0 Å². The summed E-state index contributed by atoms with van der Waals surface area (Å²) in [6.07, 6.45) is -6.62. The van der Waals surface area contributed by atoms with E-state index in [1.807, 2.05) is 10.2 Å². The highest BCUT2D eigenvalue weighted by Gasteiger charge is 2.41. The van der Waals surface area contributed by atoms with Crippen LogP contribution in [-0.2, 0) is 4.79 Å². The Kier molecular flexibility index (Phi) is 7.58. The maximum atomic E-state index is 14.3. The van der Waals surface area contributed by atoms with E-state index in [1.165, 1.54) is 18.2 Å². The Morgan fingerprint density at radius 1 is 1.12 bits per heavy atom. The van der Waals surface area contributed by atoms with Crippen LogP contribution in [-0.4, -0.2) is 65.9 Å². The number of allylic oxidation sites excluding steroid dienone is 1. The smallest absolute Gasteiger partial charge is 0.394 e. The first-order chi connectivity index (χ1) is 15.7. The van der Waals surface area contributed by atoms with Crippen LogP contribution < -0.4 is 10.2 Å². The fraction of sp³-hybridized carbons (Fsp3) is 0.391. The summed E-state index contributed by atoms with van der Waals surface area (Å²) >= 11 is 0. The van der Waals surface area contributed by atoms with Gasteiger partial charge in [0.1, 0.15) is 17.7 Å². The van der Waals surface area contributed by atoms with Crippen molar-refractivity contribution in [3.05, 3.63) is 47.5 Å². The minimum Gasteiger partial charge on any atom is -0.394 e. The van der Waals surface area contributed by atoms with Crippen LogP contribution in [0, 0.1) is 11.3 Å². The second-order valence-corrected chi connectivity index (χ2v) is 7.76. The maximum Gasteiger partial charge on any atom is 0.418 e. The highest BCUT2D eigenvalue weighted by Crippen LogP contribution is 2.44. The van der Waals surface area contributed by atoms with Crippen molar-refractivity contribution in [1.82, 2.24) is 5.32 Å². The Hall–Kier alpha value is -3.13. The number of aliphatic hydroxyl groups excluding tert-OH is 3. The van der Waals surface area contributed by atoms with Gasteiger partial charge in [0.05, 0.1) is 24.0 Å². The second kappa shape index (κ2) is 10.2. The highest BCUT2D eigenvalue weighted by atomic mass is 19.4. The molecule has 4 N–H and O–H groups in total. The van der Waals surface area contributed by atoms with Gasteiger partial charge in [0.25, 0.3) is 5.91 Å². The number of anilines is 1. The lowest BCUT2D eigenvalue weighted by Gasteiger charge is -2.26. The molecule has 2 atom stereocenters. The van der Waals surface area contributed by atoms with Crippen LogP contribution >= 0.6 is 0 Å². The van der Waals surface area contributed by atoms with Gasteiger partial charge in [0.2, 0.25) is 0 Å². The number of rotatable bonds is 7. The molecule has 1 fully saturated rings. The van der Waals surface area contributed by atoms with Gasteiger partial charge in [-0.1, -0.05) is 36.4 Å². The molecule has 0 spiro atoms. The van der Waals surface area contributed by atoms with E-state index in [0.717, 1.165) is 18.2 Å². The minimum atomic E-state index is -5.03. The fourth-order valence-corrected chi connectivity index (χ4v) is 3.93. The van der Waals surface area contributed by atoms with E-state index in [4.69, 9.17) is 5.11 Å². The third kappa shape index (κ3) is 5.27. The topological polar surface area (TPSA) is 117 Å². The molecule has 10 heteroatoms. The monoisotopic (exact) mass is 463 g/mol. The Bertz CT molecular complexity index is 1090. The molecule has 7 nitrogen and oxygen atoms in total. The van der Waals surface area contributed by atoms with Crippen LogP contribution in [0.3, 0.4) is 0 Å². The van der Waals surface area contributed by atoms with Crippen molar-refractivity contribution in [3.8, 4) is 6.07 Å². The quantitative estimate of drug-likeness (QED) is 0.369. The summed E-state index contributed by atoms with van der Waals surface area (Å²) in [7, 11) is 0. The molecule has 176 valence electrons. The van der Waals surface area contributed by atoms with E-state index in [9.17, 15) is 33.4 Å². The zero-order valence-corrected chi connectivity index (χ0v) is 17.6. The van der Waals surface area contributed by atoms with Gasteiger partial charge in [-0.25, -0.2) is 0 Å². The van der Waals surface area contributed by atoms with E-state index >= 15 is 0 Å². The van der Waals surface area contributed by atoms with E-state index < -0.39 is 48.6 Å². The summed E-state index contributed by atoms with van der Waals surface area (Å²) in [6, 6.07) is 11.1. The number of amides is 1. The predicted molar refractivity (Wildman–Crippen MR) is 116 cm³/mol. The van der Waals surface area contributed by atoms with Crippen LogP contribution in [0.25, 0.3) is 16.3 Å². The van der Waals surface area contributed by atoms with Gasteiger partial charge in [-0.05, 0) is 18.2 Å². The number of carbonyl (C=O) groups excluding carboxylic acids is 1. The lowest BCUT2D eigenvalue weighted by molar-refractivity contribution is -0.118. The number of nitriles is 1. The molecule has 1 saturated heterocycles. The molecule has 2 aromatic carbocycles. The van der Waals surface area contributed by atoms with Crippen LogP contribution in [0.15, 0.2) is 42.0 Å². The lowest BCUT2D eigenvalue weighted by atomic mass is 9.93. The van der Waals surface area contributed by atoms with Crippen LogP contribution in [0.5, 0.6) is 0 Å². The summed E-state index contributed by atoms with van der Waals surface area (Å²) in [6.45, 7) is -0.355. The van der Waals surface area contributed by atoms with Crippen LogP contribution in [0.1, 0.15) is 18.4 Å². The molecule has 0 saturated carbocycles. The zero-order valence-electron chi connectivity index (χ0n) is 17.6. The van der Waals surface area contributed by atoms with Crippen molar-refractivity contribution in [2.24, 2.45) is 0 Å². The molecule has 0 radical (unpaired) electrons. The highest BCUT2D eigenvalue weighted by molar-refractivity contribution is 6.09. The van der Waals surface area contributed by atoms with Crippen molar-refractivity contribution < 1.29 is 33.3 Å². The zero-order chi connectivity index (χ0) is 24.2. The molecule has 2 aromatic rings. The predicted octanol–water partition coefficient (Wildman–Crippen LogP) is 2.11. The third-order valence-electron chi connectivity index (χ3n) is 5.57. The minimum absolute atomic E-state index is 0.272. The van der Waals surface area contributed by atoms with E-state index in [2.05, 4.69) is 0 Å². The number of nitrogens with zero attached hydrogens (tertiary/aromatic N) is 2. The number of aliphatic hydroxyl groups is 3. The average Bonchev–Trinajstić information content (AvgIpc) is 3.33. The van der Waals surface area contributed by atoms with Gasteiger partial charge in [0, 0.05) is 30.6 Å². The largest absolute Gasteiger partial charge is 0.418 e. The molecular weight excluding hydrogens is 439 g/mol. The van der Waals surface area contributed by atoms with Crippen LogP contribution in [0.2, 0.25) is 0 Å². The third-order valence-corrected chi connectivity index (χ3v) is 5.57. The number of halogens is 3. The van der Waals surface area contributed by atoms with Crippen molar-refractivity contribution in [2.75, 3.05) is 31.1 Å². The van der Waals surface area contributed by atoms with Crippen molar-refractivity contribution in [1.29, 1.82) is 5.26 Å². The molecule has 1 amide bonds. The van der Waals surface area contributed by atoms with Gasteiger partial charge < -0.3 is 25.5 Å². The average molecular weight is 463 g/mol. The second-order valence-electron chi connectivity index (χ2n) is 7.76. The number of fused-ring (bicyclic) bond motifs is 1. The molecule has 1 heterocycles. The van der Waals surface area contributed by atoms with Crippen molar-refractivity contribution in [3.63, 3.8) is 0 Å². The Labute approximate surface area is 188 Å². The first kappa shape index (κ1) is 24.5. The number of hydrogen-bond donors (Lipinski definition) is 4. The Morgan fingerprint density at radius 3 is 2.39 bits per heavy atom. The Morgan fingerprint density at radius 2 is 1.79 bits per heavy atom. The van der Waals surface area contributed by atoms with E-state index in [0.29, 0.717) is 24.2 Å². The fourth-order valence-electron chi connectivity index (χ4n) is 3.93. The number of nitrogens with one attached hydrogen (secondary N) is 1. The van der Waals surface area contributed by atoms with Crippen molar-refractivity contribution >= 4 is 27.9 Å². The van der Waals surface area contributed by atoms with Crippen LogP contribution in [0.4, 0.5) is 18.9 Å². The lowest BCUT2D eigenvalue weighted by Crippen LogP contribution is -2.41. The molecule has 0 aromatic heterocycles. The van der Waals surface area contributed by atoms with Gasteiger partial charge >= 0.3 is 6.18 Å². The number of alkyl halides is 3. The molecule has 33 heavy (non-hydrogen) atoms. The summed E-state index contributed by atoms with van der Waals surface area (Å²) in [4.78, 5) is 14.4. The summed E-state index contributed by atoms with van der Waals surface area (Å²) in [5, 5.41) is 40.8. The van der Waals surface area contributed by atoms with E-state index in [-0.39, 0.29) is 5.56 Å². The normalized spacial score (nSPS) is 16.8. The molecule has 0 aliphatic carbocycles.